The molecular weight excluding hydrogens is 214 g/mol. The first kappa shape index (κ1) is 13.0. The predicted octanol–water partition coefficient (Wildman–Crippen LogP) is -1.61. The maximum Gasteiger partial charge on any atom is 2.00 e. The number of rotatable bonds is 0. The van der Waals surface area contributed by atoms with Crippen LogP contribution in [-0.2, 0) is 0 Å². The van der Waals surface area contributed by atoms with Crippen molar-refractivity contribution in [2.24, 2.45) is 0 Å². The van der Waals surface area contributed by atoms with Crippen LogP contribution in [-0.4, -0.2) is 23.1 Å². The van der Waals surface area contributed by atoms with Crippen LogP contribution in [0.3, 0.4) is 0 Å². The Kier molecular flexibility index (Phi) is 7.86. The van der Waals surface area contributed by atoms with E-state index in [2.05, 4.69) is 6.07 Å². The summed E-state index contributed by atoms with van der Waals surface area (Å²) in [6.07, 6.45) is 0. The minimum absolute atomic E-state index is 0. The van der Waals surface area contributed by atoms with Gasteiger partial charge in [0.05, 0.1) is 0 Å². The van der Waals surface area contributed by atoms with Crippen LogP contribution >= 0.6 is 0 Å². The van der Waals surface area contributed by atoms with E-state index in [-0.39, 0.29) is 40.0 Å². The molecule has 1 rings (SSSR count). The van der Waals surface area contributed by atoms with E-state index in [4.69, 9.17) is 0 Å². The molecule has 4 heteroatoms. The molecule has 0 aromatic heterocycles. The average Bonchev–Trinajstić information content (AvgIpc) is 1.77. The molecule has 10 heavy (non-hydrogen) atoms. The molecule has 0 bridgehead atoms. The third-order valence-corrected chi connectivity index (χ3v) is 0.737. The first-order valence-corrected chi connectivity index (χ1v) is 2.12. The van der Waals surface area contributed by atoms with Crippen molar-refractivity contribution >= 4 is 23.1 Å². The summed E-state index contributed by atoms with van der Waals surface area (Å²) in [5, 5.41) is 0. The number of halogens is 3. The predicted molar refractivity (Wildman–Crippen MR) is 30.9 cm³/mol. The summed E-state index contributed by atoms with van der Waals surface area (Å²) in [4.78, 5) is 0. The zero-order valence-electron chi connectivity index (χ0n) is 5.07. The Hall–Kier alpha value is 0.326. The van der Waals surface area contributed by atoms with Gasteiger partial charge in [0.1, 0.15) is 0 Å². The van der Waals surface area contributed by atoms with Crippen molar-refractivity contribution in [1.82, 2.24) is 0 Å². The maximum atomic E-state index is 11.9. The van der Waals surface area contributed by atoms with Gasteiger partial charge in [-0.25, -0.2) is 4.39 Å². The molecular formula is C6H3BrF2Mg. The summed E-state index contributed by atoms with van der Waals surface area (Å²) >= 11 is 0. The van der Waals surface area contributed by atoms with Crippen molar-refractivity contribution in [2.45, 2.75) is 0 Å². The van der Waals surface area contributed by atoms with Crippen LogP contribution in [0.4, 0.5) is 8.78 Å². The second-order valence-corrected chi connectivity index (χ2v) is 1.35. The fraction of sp³-hybridized carbons (Fsp3) is 0. The Morgan fingerprint density at radius 2 is 1.80 bits per heavy atom. The van der Waals surface area contributed by atoms with Gasteiger partial charge < -0.3 is 17.0 Å². The van der Waals surface area contributed by atoms with Crippen molar-refractivity contribution in [3.63, 3.8) is 0 Å². The van der Waals surface area contributed by atoms with Gasteiger partial charge >= 0.3 is 23.1 Å². The van der Waals surface area contributed by atoms with Crippen LogP contribution in [0.15, 0.2) is 18.2 Å². The first-order chi connectivity index (χ1) is 3.79. The zero-order valence-corrected chi connectivity index (χ0v) is 8.07. The molecule has 1 aromatic rings. The van der Waals surface area contributed by atoms with Crippen LogP contribution in [0.25, 0.3) is 0 Å². The fourth-order valence-electron chi connectivity index (χ4n) is 0.387. The summed E-state index contributed by atoms with van der Waals surface area (Å²) in [6.45, 7) is 0. The van der Waals surface area contributed by atoms with E-state index in [1.807, 2.05) is 0 Å². The third-order valence-electron chi connectivity index (χ3n) is 0.737. The summed E-state index contributed by atoms with van der Waals surface area (Å²) in [7, 11) is 0. The van der Waals surface area contributed by atoms with Gasteiger partial charge in [0.15, 0.2) is 0 Å². The van der Waals surface area contributed by atoms with Crippen molar-refractivity contribution < 1.29 is 25.8 Å². The van der Waals surface area contributed by atoms with Gasteiger partial charge in [0.25, 0.3) is 0 Å². The van der Waals surface area contributed by atoms with Gasteiger partial charge in [-0.05, 0) is 0 Å². The van der Waals surface area contributed by atoms with E-state index < -0.39 is 11.6 Å². The summed E-state index contributed by atoms with van der Waals surface area (Å²) in [6, 6.07) is 5.08. The molecule has 0 N–H and O–H groups in total. The second-order valence-electron chi connectivity index (χ2n) is 1.35. The number of benzene rings is 1. The van der Waals surface area contributed by atoms with Crippen LogP contribution in [0.2, 0.25) is 0 Å². The van der Waals surface area contributed by atoms with E-state index >= 15 is 0 Å². The molecule has 50 valence electrons. The van der Waals surface area contributed by atoms with E-state index in [0.29, 0.717) is 0 Å². The minimum atomic E-state index is -0.536. The summed E-state index contributed by atoms with van der Waals surface area (Å²) in [5.74, 6) is -1.00. The van der Waals surface area contributed by atoms with Gasteiger partial charge in [-0.1, -0.05) is 0 Å². The largest absolute Gasteiger partial charge is 2.00 e. The van der Waals surface area contributed by atoms with E-state index in [1.54, 1.807) is 0 Å². The molecule has 0 aliphatic rings. The Morgan fingerprint density at radius 1 is 1.20 bits per heavy atom. The molecule has 1 aromatic carbocycles. The number of hydrogen-bond acceptors (Lipinski definition) is 0. The quantitative estimate of drug-likeness (QED) is 0.362. The van der Waals surface area contributed by atoms with Crippen molar-refractivity contribution in [3.8, 4) is 0 Å². The minimum Gasteiger partial charge on any atom is -1.00 e. The topological polar surface area (TPSA) is 0 Å². The van der Waals surface area contributed by atoms with E-state index in [0.717, 1.165) is 18.2 Å². The van der Waals surface area contributed by atoms with Crippen molar-refractivity contribution in [1.29, 1.82) is 0 Å². The molecule has 0 aliphatic heterocycles. The fourth-order valence-corrected chi connectivity index (χ4v) is 0.387. The SMILES string of the molecule is Fc1[c-]cc(F)cc1.[Br-].[Mg+2]. The van der Waals surface area contributed by atoms with Gasteiger partial charge in [-0.2, -0.15) is 0 Å². The molecule has 0 amide bonds. The average molecular weight is 217 g/mol. The standard InChI is InChI=1S/C6H3F2.BrH.Mg/c7-5-1-2-6(8)4-3-5;;/h1-3H;1H;/q-1;;+2/p-1. The second kappa shape index (κ2) is 6.06. The van der Waals surface area contributed by atoms with Crippen LogP contribution in [0.1, 0.15) is 0 Å². The monoisotopic (exact) mass is 216 g/mol. The van der Waals surface area contributed by atoms with Gasteiger partial charge in [0, 0.05) is 11.6 Å². The molecule has 0 nitrogen and oxygen atoms in total. The van der Waals surface area contributed by atoms with E-state index in [1.165, 1.54) is 0 Å². The zero-order chi connectivity index (χ0) is 5.98. The maximum absolute atomic E-state index is 11.9. The molecule has 0 saturated heterocycles. The molecule has 0 aliphatic carbocycles. The van der Waals surface area contributed by atoms with Gasteiger partial charge in [0.2, 0.25) is 0 Å². The van der Waals surface area contributed by atoms with Crippen molar-refractivity contribution in [2.75, 3.05) is 0 Å². The first-order valence-electron chi connectivity index (χ1n) is 2.12. The van der Waals surface area contributed by atoms with Crippen LogP contribution in [0.5, 0.6) is 0 Å². The molecule has 0 heterocycles. The smallest absolute Gasteiger partial charge is 1.00 e. The van der Waals surface area contributed by atoms with Crippen LogP contribution < -0.4 is 17.0 Å². The molecule has 0 spiro atoms. The van der Waals surface area contributed by atoms with Gasteiger partial charge in [-0.15, -0.1) is 24.3 Å². The Morgan fingerprint density at radius 3 is 2.10 bits per heavy atom. The molecule has 0 atom stereocenters. The molecule has 0 fully saturated rings. The third kappa shape index (κ3) is 4.19. The molecule has 0 unspecified atom stereocenters. The molecule has 0 saturated carbocycles. The number of hydrogen-bond donors (Lipinski definition) is 0. The Bertz CT molecular complexity index is 155. The summed E-state index contributed by atoms with van der Waals surface area (Å²) in [5.41, 5.74) is 0. The van der Waals surface area contributed by atoms with Crippen LogP contribution in [0, 0.1) is 17.7 Å². The van der Waals surface area contributed by atoms with Gasteiger partial charge in [-0.3, -0.25) is 4.39 Å². The Balaban J connectivity index is 0. The normalized spacial score (nSPS) is 7.40. The summed E-state index contributed by atoms with van der Waals surface area (Å²) < 4.78 is 23.8. The van der Waals surface area contributed by atoms with Crippen molar-refractivity contribution in [3.05, 3.63) is 35.9 Å². The Labute approximate surface area is 84.5 Å². The molecule has 0 radical (unpaired) electrons. The van der Waals surface area contributed by atoms with E-state index in [9.17, 15) is 8.78 Å².